The molecule has 94 valence electrons. The molecule has 0 radical (unpaired) electrons. The standard InChI is InChI=1S/C13H21N3S/c1-13(2)10-16(6-7-17-13)9-11-4-5-12(14-3)15-8-11/h4-5,8H,6-7,9-10H2,1-3H3,(H,14,15). The molecule has 0 amide bonds. The van der Waals surface area contributed by atoms with Gasteiger partial charge in [-0.3, -0.25) is 4.90 Å². The van der Waals surface area contributed by atoms with E-state index in [2.05, 4.69) is 46.9 Å². The van der Waals surface area contributed by atoms with Crippen molar-refractivity contribution in [3.63, 3.8) is 0 Å². The minimum atomic E-state index is 0.386. The third-order valence-electron chi connectivity index (χ3n) is 2.99. The van der Waals surface area contributed by atoms with Crippen molar-refractivity contribution >= 4 is 17.6 Å². The molecule has 1 aromatic rings. The molecule has 1 aromatic heterocycles. The molecule has 1 saturated heterocycles. The molecule has 0 atom stereocenters. The van der Waals surface area contributed by atoms with Crippen LogP contribution >= 0.6 is 11.8 Å². The van der Waals surface area contributed by atoms with Gasteiger partial charge in [-0.15, -0.1) is 0 Å². The van der Waals surface area contributed by atoms with E-state index in [0.717, 1.165) is 18.9 Å². The van der Waals surface area contributed by atoms with Crippen molar-refractivity contribution in [1.82, 2.24) is 9.88 Å². The van der Waals surface area contributed by atoms with Crippen molar-refractivity contribution in [2.75, 3.05) is 31.2 Å². The Morgan fingerprint density at radius 1 is 1.47 bits per heavy atom. The molecule has 2 rings (SSSR count). The highest BCUT2D eigenvalue weighted by molar-refractivity contribution is 8.00. The summed E-state index contributed by atoms with van der Waals surface area (Å²) < 4.78 is 0.386. The molecule has 3 nitrogen and oxygen atoms in total. The number of aromatic nitrogens is 1. The van der Waals surface area contributed by atoms with E-state index in [4.69, 9.17) is 0 Å². The van der Waals surface area contributed by atoms with Gasteiger partial charge >= 0.3 is 0 Å². The van der Waals surface area contributed by atoms with Crippen LogP contribution in [0.1, 0.15) is 19.4 Å². The topological polar surface area (TPSA) is 28.2 Å². The summed E-state index contributed by atoms with van der Waals surface area (Å²) in [4.78, 5) is 6.88. The first-order chi connectivity index (χ1) is 8.09. The molecule has 4 heteroatoms. The number of hydrogen-bond donors (Lipinski definition) is 1. The van der Waals surface area contributed by atoms with E-state index in [9.17, 15) is 0 Å². The molecule has 1 N–H and O–H groups in total. The Balaban J connectivity index is 1.95. The van der Waals surface area contributed by atoms with E-state index in [1.165, 1.54) is 17.9 Å². The first-order valence-electron chi connectivity index (χ1n) is 6.08. The van der Waals surface area contributed by atoms with E-state index >= 15 is 0 Å². The van der Waals surface area contributed by atoms with E-state index in [1.807, 2.05) is 19.3 Å². The van der Waals surface area contributed by atoms with Gasteiger partial charge in [0.1, 0.15) is 5.82 Å². The van der Waals surface area contributed by atoms with Gasteiger partial charge in [-0.05, 0) is 25.5 Å². The molecule has 0 unspecified atom stereocenters. The van der Waals surface area contributed by atoms with Gasteiger partial charge in [0.2, 0.25) is 0 Å². The average Bonchev–Trinajstić information content (AvgIpc) is 2.29. The van der Waals surface area contributed by atoms with Crippen LogP contribution in [-0.2, 0) is 6.54 Å². The van der Waals surface area contributed by atoms with Crippen molar-refractivity contribution in [1.29, 1.82) is 0 Å². The monoisotopic (exact) mass is 251 g/mol. The van der Waals surface area contributed by atoms with E-state index < -0.39 is 0 Å². The minimum Gasteiger partial charge on any atom is -0.373 e. The molecule has 1 fully saturated rings. The zero-order chi connectivity index (χ0) is 12.3. The Labute approximate surface area is 108 Å². The van der Waals surface area contributed by atoms with Crippen LogP contribution in [0.25, 0.3) is 0 Å². The zero-order valence-corrected chi connectivity index (χ0v) is 11.7. The van der Waals surface area contributed by atoms with Crippen molar-refractivity contribution in [2.45, 2.75) is 25.1 Å². The molecular formula is C13H21N3S. The molecule has 17 heavy (non-hydrogen) atoms. The highest BCUT2D eigenvalue weighted by Gasteiger charge is 2.26. The number of hydrogen-bond acceptors (Lipinski definition) is 4. The quantitative estimate of drug-likeness (QED) is 0.893. The van der Waals surface area contributed by atoms with Crippen LogP contribution < -0.4 is 5.32 Å². The lowest BCUT2D eigenvalue weighted by molar-refractivity contribution is 0.252. The van der Waals surface area contributed by atoms with Gasteiger partial charge in [-0.2, -0.15) is 11.8 Å². The zero-order valence-electron chi connectivity index (χ0n) is 10.9. The maximum atomic E-state index is 4.36. The Kier molecular flexibility index (Phi) is 3.94. The molecule has 1 aliphatic rings. The average molecular weight is 251 g/mol. The summed E-state index contributed by atoms with van der Waals surface area (Å²) in [6.07, 6.45) is 1.97. The van der Waals surface area contributed by atoms with Gasteiger partial charge in [0.05, 0.1) is 0 Å². The second-order valence-electron chi connectivity index (χ2n) is 5.12. The fraction of sp³-hybridized carbons (Fsp3) is 0.615. The SMILES string of the molecule is CNc1ccc(CN2CCSC(C)(C)C2)cn1. The maximum absolute atomic E-state index is 4.36. The summed E-state index contributed by atoms with van der Waals surface area (Å²) in [6, 6.07) is 4.20. The fourth-order valence-electron chi connectivity index (χ4n) is 2.17. The van der Waals surface area contributed by atoms with Gasteiger partial charge in [-0.1, -0.05) is 6.07 Å². The lowest BCUT2D eigenvalue weighted by Gasteiger charge is -2.37. The summed E-state index contributed by atoms with van der Waals surface area (Å²) in [5.41, 5.74) is 1.30. The van der Waals surface area contributed by atoms with E-state index in [0.29, 0.717) is 4.75 Å². The Bertz CT molecular complexity index is 361. The van der Waals surface area contributed by atoms with Crippen LogP contribution in [0.3, 0.4) is 0 Å². The molecule has 0 saturated carbocycles. The smallest absolute Gasteiger partial charge is 0.125 e. The number of pyridine rings is 1. The Hall–Kier alpha value is -0.740. The van der Waals surface area contributed by atoms with Gasteiger partial charge in [0.15, 0.2) is 0 Å². The van der Waals surface area contributed by atoms with Crippen LogP contribution in [0.5, 0.6) is 0 Å². The summed E-state index contributed by atoms with van der Waals surface area (Å²) in [7, 11) is 1.90. The number of nitrogens with zero attached hydrogens (tertiary/aromatic N) is 2. The minimum absolute atomic E-state index is 0.386. The third-order valence-corrected chi connectivity index (χ3v) is 4.29. The Morgan fingerprint density at radius 2 is 2.29 bits per heavy atom. The number of thioether (sulfide) groups is 1. The lowest BCUT2D eigenvalue weighted by atomic mass is 10.1. The lowest BCUT2D eigenvalue weighted by Crippen LogP contribution is -2.42. The summed E-state index contributed by atoms with van der Waals surface area (Å²) in [6.45, 7) is 8.01. The van der Waals surface area contributed by atoms with Gasteiger partial charge < -0.3 is 5.32 Å². The molecule has 0 aliphatic carbocycles. The van der Waals surface area contributed by atoms with Gasteiger partial charge in [0.25, 0.3) is 0 Å². The molecule has 0 aromatic carbocycles. The highest BCUT2D eigenvalue weighted by atomic mass is 32.2. The molecular weight excluding hydrogens is 230 g/mol. The first-order valence-corrected chi connectivity index (χ1v) is 7.07. The third kappa shape index (κ3) is 3.61. The van der Waals surface area contributed by atoms with Crippen molar-refractivity contribution in [2.24, 2.45) is 0 Å². The van der Waals surface area contributed by atoms with Crippen LogP contribution in [0, 0.1) is 0 Å². The van der Waals surface area contributed by atoms with Crippen LogP contribution in [0.4, 0.5) is 5.82 Å². The maximum Gasteiger partial charge on any atom is 0.125 e. The van der Waals surface area contributed by atoms with Crippen LogP contribution in [-0.4, -0.2) is 40.5 Å². The van der Waals surface area contributed by atoms with Gasteiger partial charge in [-0.25, -0.2) is 4.98 Å². The predicted octanol–water partition coefficient (Wildman–Crippen LogP) is 2.45. The highest BCUT2D eigenvalue weighted by Crippen LogP contribution is 2.30. The molecule has 0 bridgehead atoms. The first kappa shape index (κ1) is 12.7. The van der Waals surface area contributed by atoms with E-state index in [1.54, 1.807) is 0 Å². The summed E-state index contributed by atoms with van der Waals surface area (Å²) in [5.74, 6) is 2.16. The second-order valence-corrected chi connectivity index (χ2v) is 6.92. The number of rotatable bonds is 3. The summed E-state index contributed by atoms with van der Waals surface area (Å²) >= 11 is 2.07. The normalized spacial score (nSPS) is 20.2. The fourth-order valence-corrected chi connectivity index (χ4v) is 3.35. The largest absolute Gasteiger partial charge is 0.373 e. The van der Waals surface area contributed by atoms with Crippen LogP contribution in [0.2, 0.25) is 0 Å². The Morgan fingerprint density at radius 3 is 2.88 bits per heavy atom. The van der Waals surface area contributed by atoms with Gasteiger partial charge in [0, 0.05) is 43.4 Å². The number of nitrogens with one attached hydrogen (secondary N) is 1. The number of anilines is 1. The van der Waals surface area contributed by atoms with Crippen molar-refractivity contribution in [3.05, 3.63) is 23.9 Å². The molecule has 1 aliphatic heterocycles. The van der Waals surface area contributed by atoms with Crippen molar-refractivity contribution < 1.29 is 0 Å². The predicted molar refractivity (Wildman–Crippen MR) is 75.6 cm³/mol. The van der Waals surface area contributed by atoms with Crippen molar-refractivity contribution in [3.8, 4) is 0 Å². The molecule has 0 spiro atoms. The second kappa shape index (κ2) is 5.27. The van der Waals surface area contributed by atoms with Crippen LogP contribution in [0.15, 0.2) is 18.3 Å². The summed E-state index contributed by atoms with van der Waals surface area (Å²) in [5, 5.41) is 3.04. The van der Waals surface area contributed by atoms with E-state index in [-0.39, 0.29) is 0 Å². The molecule has 2 heterocycles.